The lowest BCUT2D eigenvalue weighted by Crippen LogP contribution is -2.24. The Morgan fingerprint density at radius 3 is 1.29 bits per heavy atom. The normalized spacial score (nSPS) is 11.2. The average molecular weight is 340 g/mol. The van der Waals surface area contributed by atoms with Crippen LogP contribution in [0.3, 0.4) is 0 Å². The van der Waals surface area contributed by atoms with Crippen molar-refractivity contribution in [2.24, 2.45) is 14.1 Å². The molecule has 0 saturated carbocycles. The van der Waals surface area contributed by atoms with E-state index in [2.05, 4.69) is 0 Å². The largest absolute Gasteiger partial charge is 0.243 e. The van der Waals surface area contributed by atoms with Crippen molar-refractivity contribution in [3.63, 3.8) is 0 Å². The van der Waals surface area contributed by atoms with Crippen LogP contribution in [0.4, 0.5) is 17.6 Å². The van der Waals surface area contributed by atoms with Crippen molar-refractivity contribution < 1.29 is 26.7 Å². The SMILES string of the molecule is C[n+]1ccn(Cc2c(F)c(F)c(Cn3cc[n+](C)c3)c(F)c2F)c1. The van der Waals surface area contributed by atoms with Crippen LogP contribution in [0.5, 0.6) is 0 Å². The zero-order chi connectivity index (χ0) is 17.4. The third-order valence-electron chi connectivity index (χ3n) is 3.77. The van der Waals surface area contributed by atoms with Crippen LogP contribution in [-0.4, -0.2) is 9.13 Å². The van der Waals surface area contributed by atoms with Gasteiger partial charge in [-0.3, -0.25) is 0 Å². The number of rotatable bonds is 4. The number of hydrogen-bond donors (Lipinski definition) is 0. The van der Waals surface area contributed by atoms with Gasteiger partial charge in [0.05, 0.1) is 25.2 Å². The van der Waals surface area contributed by atoms with Gasteiger partial charge in [0.15, 0.2) is 23.3 Å². The molecule has 0 fully saturated rings. The summed E-state index contributed by atoms with van der Waals surface area (Å²) in [6.45, 7) is -0.601. The van der Waals surface area contributed by atoms with E-state index >= 15 is 0 Å². The summed E-state index contributed by atoms with van der Waals surface area (Å²) in [5, 5.41) is 0. The Kier molecular flexibility index (Phi) is 4.13. The number of aromatic nitrogens is 4. The zero-order valence-electron chi connectivity index (χ0n) is 13.2. The summed E-state index contributed by atoms with van der Waals surface area (Å²) in [5.41, 5.74) is -1.27. The van der Waals surface area contributed by atoms with Gasteiger partial charge in [0.25, 0.3) is 0 Å². The van der Waals surface area contributed by atoms with E-state index in [4.69, 9.17) is 0 Å². The van der Waals surface area contributed by atoms with Crippen LogP contribution in [0, 0.1) is 23.3 Å². The summed E-state index contributed by atoms with van der Waals surface area (Å²) in [6.07, 6.45) is 9.54. The third kappa shape index (κ3) is 2.91. The predicted octanol–water partition coefficient (Wildman–Crippen LogP) is 1.59. The van der Waals surface area contributed by atoms with Gasteiger partial charge in [-0.15, -0.1) is 0 Å². The van der Waals surface area contributed by atoms with Gasteiger partial charge in [-0.05, 0) is 0 Å². The van der Waals surface area contributed by atoms with E-state index in [1.807, 2.05) is 0 Å². The van der Waals surface area contributed by atoms with E-state index in [0.717, 1.165) is 0 Å². The Bertz CT molecular complexity index is 795. The van der Waals surface area contributed by atoms with Crippen LogP contribution < -0.4 is 9.13 Å². The highest BCUT2D eigenvalue weighted by Gasteiger charge is 2.27. The molecule has 1 aromatic carbocycles. The summed E-state index contributed by atoms with van der Waals surface area (Å²) in [4.78, 5) is 0. The van der Waals surface area contributed by atoms with E-state index in [-0.39, 0.29) is 13.1 Å². The molecule has 3 rings (SSSR count). The molecular formula is C16H16F4N4+2. The Morgan fingerprint density at radius 2 is 1.04 bits per heavy atom. The maximum atomic E-state index is 14.3. The molecule has 3 aromatic rings. The molecule has 0 bridgehead atoms. The number of halogens is 4. The number of benzene rings is 1. The van der Waals surface area contributed by atoms with E-state index < -0.39 is 34.4 Å². The maximum absolute atomic E-state index is 14.3. The monoisotopic (exact) mass is 340 g/mol. The Labute approximate surface area is 135 Å². The molecule has 0 N–H and O–H groups in total. The minimum absolute atomic E-state index is 0.300. The molecule has 126 valence electrons. The smallest absolute Gasteiger partial charge is 0.240 e. The summed E-state index contributed by atoms with van der Waals surface area (Å²) in [7, 11) is 3.45. The maximum Gasteiger partial charge on any atom is 0.243 e. The van der Waals surface area contributed by atoms with E-state index in [9.17, 15) is 17.6 Å². The first kappa shape index (κ1) is 16.2. The van der Waals surface area contributed by atoms with Crippen LogP contribution in [0.25, 0.3) is 0 Å². The predicted molar refractivity (Wildman–Crippen MR) is 75.7 cm³/mol. The van der Waals surface area contributed by atoms with Crippen molar-refractivity contribution in [2.45, 2.75) is 13.1 Å². The molecule has 0 spiro atoms. The minimum Gasteiger partial charge on any atom is -0.240 e. The molecule has 0 radical (unpaired) electrons. The second-order valence-corrected chi connectivity index (χ2v) is 5.72. The first-order valence-electron chi connectivity index (χ1n) is 7.22. The van der Waals surface area contributed by atoms with E-state index in [1.165, 1.54) is 9.13 Å². The fourth-order valence-electron chi connectivity index (χ4n) is 2.56. The highest BCUT2D eigenvalue weighted by Crippen LogP contribution is 2.25. The fourth-order valence-corrected chi connectivity index (χ4v) is 2.56. The second-order valence-electron chi connectivity index (χ2n) is 5.72. The average Bonchev–Trinajstić information content (AvgIpc) is 3.14. The summed E-state index contributed by atoms with van der Waals surface area (Å²) in [6, 6.07) is 0. The first-order valence-corrected chi connectivity index (χ1v) is 7.22. The molecule has 0 amide bonds. The van der Waals surface area contributed by atoms with Crippen LogP contribution in [0.15, 0.2) is 37.4 Å². The summed E-state index contributed by atoms with van der Waals surface area (Å²) < 4.78 is 63.3. The van der Waals surface area contributed by atoms with Gasteiger partial charge < -0.3 is 0 Å². The topological polar surface area (TPSA) is 17.6 Å². The fraction of sp³-hybridized carbons (Fsp3) is 0.250. The van der Waals surface area contributed by atoms with Crippen LogP contribution in [-0.2, 0) is 27.2 Å². The number of aryl methyl sites for hydroxylation is 2. The minimum atomic E-state index is -1.36. The molecule has 0 aliphatic carbocycles. The van der Waals surface area contributed by atoms with Gasteiger partial charge in [-0.25, -0.2) is 35.8 Å². The molecule has 0 aliphatic rings. The highest BCUT2D eigenvalue weighted by molar-refractivity contribution is 5.30. The van der Waals surface area contributed by atoms with E-state index in [1.54, 1.807) is 60.7 Å². The van der Waals surface area contributed by atoms with Crippen molar-refractivity contribution in [2.75, 3.05) is 0 Å². The van der Waals surface area contributed by atoms with Gasteiger partial charge in [0.1, 0.15) is 37.9 Å². The summed E-state index contributed by atoms with van der Waals surface area (Å²) >= 11 is 0. The number of imidazole rings is 2. The van der Waals surface area contributed by atoms with Gasteiger partial charge in [0.2, 0.25) is 12.7 Å². The molecule has 8 heteroatoms. The first-order chi connectivity index (χ1) is 11.4. The standard InChI is InChI=1S/C16H16F4N4/c1-21-3-5-23(9-21)7-11-13(17)15(19)12(16(20)14(11)18)8-24-6-4-22(2)10-24/h3-6,9-10H,7-8H2,1-2H3/q+2. The molecule has 4 nitrogen and oxygen atoms in total. The van der Waals surface area contributed by atoms with Crippen LogP contribution in [0.1, 0.15) is 11.1 Å². The van der Waals surface area contributed by atoms with Gasteiger partial charge in [-0.1, -0.05) is 0 Å². The lowest BCUT2D eigenvalue weighted by atomic mass is 10.1. The molecular weight excluding hydrogens is 324 g/mol. The molecule has 2 aromatic heterocycles. The lowest BCUT2D eigenvalue weighted by Gasteiger charge is -2.10. The molecule has 0 aliphatic heterocycles. The van der Waals surface area contributed by atoms with Gasteiger partial charge in [-0.2, -0.15) is 0 Å². The Hall–Kier alpha value is -2.64. The van der Waals surface area contributed by atoms with Crippen LogP contribution >= 0.6 is 0 Å². The van der Waals surface area contributed by atoms with Crippen molar-refractivity contribution in [1.29, 1.82) is 0 Å². The highest BCUT2D eigenvalue weighted by atomic mass is 19.2. The van der Waals surface area contributed by atoms with Gasteiger partial charge >= 0.3 is 0 Å². The molecule has 2 heterocycles. The quantitative estimate of drug-likeness (QED) is 0.390. The second kappa shape index (κ2) is 6.10. The zero-order valence-corrected chi connectivity index (χ0v) is 13.2. The molecule has 24 heavy (non-hydrogen) atoms. The Balaban J connectivity index is 2.01. The Morgan fingerprint density at radius 1 is 0.708 bits per heavy atom. The number of hydrogen-bond acceptors (Lipinski definition) is 0. The molecule has 0 unspecified atom stereocenters. The van der Waals surface area contributed by atoms with Crippen molar-refractivity contribution in [1.82, 2.24) is 9.13 Å². The molecule has 0 saturated heterocycles. The van der Waals surface area contributed by atoms with Crippen LogP contribution in [0.2, 0.25) is 0 Å². The molecule has 0 atom stereocenters. The van der Waals surface area contributed by atoms with Crippen molar-refractivity contribution >= 4 is 0 Å². The van der Waals surface area contributed by atoms with Crippen molar-refractivity contribution in [3.8, 4) is 0 Å². The number of nitrogens with zero attached hydrogens (tertiary/aromatic N) is 4. The van der Waals surface area contributed by atoms with Gasteiger partial charge in [0, 0.05) is 0 Å². The summed E-state index contributed by atoms with van der Waals surface area (Å²) in [5.74, 6) is -5.46. The van der Waals surface area contributed by atoms with E-state index in [0.29, 0.717) is 0 Å². The van der Waals surface area contributed by atoms with Crippen molar-refractivity contribution in [3.05, 3.63) is 71.8 Å². The third-order valence-corrected chi connectivity index (χ3v) is 3.77. The lowest BCUT2D eigenvalue weighted by molar-refractivity contribution is -0.671.